The van der Waals surface area contributed by atoms with E-state index in [1.54, 1.807) is 16.7 Å². The number of hydrogen-bond acceptors (Lipinski definition) is 4. The summed E-state index contributed by atoms with van der Waals surface area (Å²) in [5.74, 6) is -0.260. The Balaban J connectivity index is 2.16. The minimum atomic E-state index is -0.907. The van der Waals surface area contributed by atoms with Gasteiger partial charge >= 0.3 is 5.97 Å². The fourth-order valence-electron chi connectivity index (χ4n) is 2.20. The van der Waals surface area contributed by atoms with Crippen molar-refractivity contribution in [1.29, 1.82) is 0 Å². The molecule has 2 unspecified atom stereocenters. The molecule has 0 saturated carbocycles. The second-order valence-electron chi connectivity index (χ2n) is 4.88. The van der Waals surface area contributed by atoms with Crippen molar-refractivity contribution in [1.82, 2.24) is 4.90 Å². The first kappa shape index (κ1) is 14.4. The molecular weight excluding hydrogens is 282 g/mol. The summed E-state index contributed by atoms with van der Waals surface area (Å²) in [6.07, 6.45) is 0.297. The number of hydrogen-bond donors (Lipinski definition) is 1. The van der Waals surface area contributed by atoms with E-state index in [0.717, 1.165) is 4.88 Å². The van der Waals surface area contributed by atoms with Gasteiger partial charge in [-0.05, 0) is 17.4 Å². The summed E-state index contributed by atoms with van der Waals surface area (Å²) < 4.78 is 0. The Morgan fingerprint density at radius 3 is 2.79 bits per heavy atom. The van der Waals surface area contributed by atoms with Crippen molar-refractivity contribution in [2.75, 3.05) is 5.75 Å². The van der Waals surface area contributed by atoms with Crippen LogP contribution >= 0.6 is 23.1 Å². The Hall–Kier alpha value is -1.01. The molecule has 0 radical (unpaired) electrons. The van der Waals surface area contributed by atoms with E-state index >= 15 is 0 Å². The van der Waals surface area contributed by atoms with Crippen LogP contribution in [0.25, 0.3) is 0 Å². The number of thiophene rings is 1. The van der Waals surface area contributed by atoms with Crippen LogP contribution in [0, 0.1) is 5.92 Å². The summed E-state index contributed by atoms with van der Waals surface area (Å²) in [4.78, 5) is 26.2. The highest BCUT2D eigenvalue weighted by Gasteiger charge is 2.42. The molecule has 1 N–H and O–H groups in total. The molecule has 0 aromatic carbocycles. The smallest absolute Gasteiger partial charge is 0.327 e. The molecule has 1 aliphatic heterocycles. The van der Waals surface area contributed by atoms with Gasteiger partial charge in [-0.15, -0.1) is 23.1 Å². The molecule has 0 spiro atoms. The molecule has 0 aliphatic carbocycles. The number of carboxylic acid groups (broad SMARTS) is 1. The highest BCUT2D eigenvalue weighted by molar-refractivity contribution is 8.00. The Morgan fingerprint density at radius 1 is 1.53 bits per heavy atom. The van der Waals surface area contributed by atoms with Gasteiger partial charge in [0.2, 0.25) is 5.91 Å². The van der Waals surface area contributed by atoms with Crippen LogP contribution in [-0.4, -0.2) is 39.1 Å². The summed E-state index contributed by atoms with van der Waals surface area (Å²) in [6, 6.07) is 3.12. The zero-order chi connectivity index (χ0) is 14.0. The van der Waals surface area contributed by atoms with Crippen LogP contribution < -0.4 is 0 Å². The first-order valence-electron chi connectivity index (χ1n) is 6.18. The molecule has 0 bridgehead atoms. The third-order valence-electron chi connectivity index (χ3n) is 3.08. The van der Waals surface area contributed by atoms with E-state index in [1.165, 1.54) is 11.3 Å². The van der Waals surface area contributed by atoms with E-state index in [9.17, 15) is 14.7 Å². The van der Waals surface area contributed by atoms with Gasteiger partial charge < -0.3 is 10.0 Å². The maximum absolute atomic E-state index is 12.4. The Labute approximate surface area is 120 Å². The van der Waals surface area contributed by atoms with Gasteiger partial charge in [0, 0.05) is 10.6 Å². The van der Waals surface area contributed by atoms with Crippen LogP contribution in [0.4, 0.5) is 0 Å². The molecule has 6 heteroatoms. The molecule has 1 saturated heterocycles. The van der Waals surface area contributed by atoms with Crippen molar-refractivity contribution >= 4 is 35.0 Å². The van der Waals surface area contributed by atoms with Gasteiger partial charge in [0.15, 0.2) is 0 Å². The largest absolute Gasteiger partial charge is 0.480 e. The maximum Gasteiger partial charge on any atom is 0.327 e. The van der Waals surface area contributed by atoms with Crippen LogP contribution in [0.5, 0.6) is 0 Å². The molecule has 1 aromatic rings. The van der Waals surface area contributed by atoms with Crippen LogP contribution in [0.3, 0.4) is 0 Å². The molecule has 4 nitrogen and oxygen atoms in total. The molecule has 2 atom stereocenters. The van der Waals surface area contributed by atoms with E-state index < -0.39 is 12.0 Å². The van der Waals surface area contributed by atoms with Gasteiger partial charge in [0.05, 0.1) is 11.8 Å². The SMILES string of the molecule is CC(C)C1SCC(C(=O)O)N1C(=O)Cc1cccs1. The minimum Gasteiger partial charge on any atom is -0.480 e. The van der Waals surface area contributed by atoms with Gasteiger partial charge in [-0.1, -0.05) is 19.9 Å². The topological polar surface area (TPSA) is 57.6 Å². The molecule has 2 rings (SSSR count). The van der Waals surface area contributed by atoms with E-state index in [0.29, 0.717) is 12.2 Å². The first-order valence-corrected chi connectivity index (χ1v) is 8.11. The van der Waals surface area contributed by atoms with Gasteiger partial charge in [-0.25, -0.2) is 4.79 Å². The quantitative estimate of drug-likeness (QED) is 0.927. The van der Waals surface area contributed by atoms with Crippen molar-refractivity contribution in [3.8, 4) is 0 Å². The standard InChI is InChI=1S/C13H17NO3S2/c1-8(2)12-14(10(7-19-12)13(16)17)11(15)6-9-4-3-5-18-9/h3-5,8,10,12H,6-7H2,1-2H3,(H,16,17). The summed E-state index contributed by atoms with van der Waals surface area (Å²) in [5.41, 5.74) is 0. The number of rotatable bonds is 4. The summed E-state index contributed by atoms with van der Waals surface area (Å²) >= 11 is 3.09. The number of aliphatic carboxylic acids is 1. The van der Waals surface area contributed by atoms with Crippen LogP contribution in [0.1, 0.15) is 18.7 Å². The zero-order valence-corrected chi connectivity index (χ0v) is 12.5. The monoisotopic (exact) mass is 299 g/mol. The predicted octanol–water partition coefficient (Wildman–Crippen LogP) is 2.30. The van der Waals surface area contributed by atoms with E-state index in [2.05, 4.69) is 0 Å². The van der Waals surface area contributed by atoms with E-state index in [-0.39, 0.29) is 17.2 Å². The lowest BCUT2D eigenvalue weighted by Crippen LogP contribution is -2.47. The number of thioether (sulfide) groups is 1. The first-order chi connectivity index (χ1) is 9.00. The molecule has 1 aliphatic rings. The number of carbonyl (C=O) groups excluding carboxylic acids is 1. The van der Waals surface area contributed by atoms with Crippen LogP contribution in [-0.2, 0) is 16.0 Å². The average Bonchev–Trinajstić information content (AvgIpc) is 2.95. The van der Waals surface area contributed by atoms with E-state index in [4.69, 9.17) is 0 Å². The Morgan fingerprint density at radius 2 is 2.26 bits per heavy atom. The van der Waals surface area contributed by atoms with Crippen molar-refractivity contribution < 1.29 is 14.7 Å². The van der Waals surface area contributed by atoms with Gasteiger partial charge in [0.25, 0.3) is 0 Å². The lowest BCUT2D eigenvalue weighted by atomic mass is 10.1. The average molecular weight is 299 g/mol. The number of carboxylic acids is 1. The fourth-order valence-corrected chi connectivity index (χ4v) is 4.39. The van der Waals surface area contributed by atoms with Gasteiger partial charge in [-0.2, -0.15) is 0 Å². The second-order valence-corrected chi connectivity index (χ2v) is 7.06. The van der Waals surface area contributed by atoms with Crippen LogP contribution in [0.15, 0.2) is 17.5 Å². The molecular formula is C13H17NO3S2. The third-order valence-corrected chi connectivity index (χ3v) is 5.58. The highest BCUT2D eigenvalue weighted by atomic mass is 32.2. The fraction of sp³-hybridized carbons (Fsp3) is 0.538. The predicted molar refractivity (Wildman–Crippen MR) is 77.4 cm³/mol. The zero-order valence-electron chi connectivity index (χ0n) is 10.9. The molecule has 1 amide bonds. The minimum absolute atomic E-state index is 0.0337. The molecule has 1 aromatic heterocycles. The normalized spacial score (nSPS) is 23.0. The number of carbonyl (C=O) groups is 2. The van der Waals surface area contributed by atoms with Crippen LogP contribution in [0.2, 0.25) is 0 Å². The Bertz CT molecular complexity index is 458. The van der Waals surface area contributed by atoms with E-state index in [1.807, 2.05) is 31.4 Å². The maximum atomic E-state index is 12.4. The molecule has 104 valence electrons. The lowest BCUT2D eigenvalue weighted by molar-refractivity contribution is -0.149. The highest BCUT2D eigenvalue weighted by Crippen LogP contribution is 2.34. The molecule has 19 heavy (non-hydrogen) atoms. The molecule has 2 heterocycles. The summed E-state index contributed by atoms with van der Waals surface area (Å²) in [6.45, 7) is 4.04. The third kappa shape index (κ3) is 3.12. The number of nitrogens with zero attached hydrogens (tertiary/aromatic N) is 1. The lowest BCUT2D eigenvalue weighted by Gasteiger charge is -2.29. The van der Waals surface area contributed by atoms with Gasteiger partial charge in [-0.3, -0.25) is 4.79 Å². The Kier molecular flexibility index (Phi) is 4.52. The summed E-state index contributed by atoms with van der Waals surface area (Å²) in [7, 11) is 0. The van der Waals surface area contributed by atoms with Crippen molar-refractivity contribution in [2.45, 2.75) is 31.7 Å². The van der Waals surface area contributed by atoms with Gasteiger partial charge in [0.1, 0.15) is 6.04 Å². The summed E-state index contributed by atoms with van der Waals surface area (Å²) in [5, 5.41) is 11.1. The van der Waals surface area contributed by atoms with Crippen molar-refractivity contribution in [3.63, 3.8) is 0 Å². The number of amides is 1. The van der Waals surface area contributed by atoms with Crippen molar-refractivity contribution in [3.05, 3.63) is 22.4 Å². The molecule has 1 fully saturated rings. The second kappa shape index (κ2) is 5.96. The van der Waals surface area contributed by atoms with Crippen molar-refractivity contribution in [2.24, 2.45) is 5.92 Å².